The van der Waals surface area contributed by atoms with Gasteiger partial charge in [0, 0.05) is 25.7 Å². The molecule has 0 spiro atoms. The number of rotatable bonds is 4. The number of pyridine rings is 1. The van der Waals surface area contributed by atoms with E-state index in [-0.39, 0.29) is 13.0 Å². The van der Waals surface area contributed by atoms with Crippen LogP contribution >= 0.6 is 0 Å². The molecular weight excluding hydrogens is 366 g/mol. The van der Waals surface area contributed by atoms with Crippen LogP contribution in [0.1, 0.15) is 24.6 Å². The summed E-state index contributed by atoms with van der Waals surface area (Å²) in [5, 5.41) is 3.30. The summed E-state index contributed by atoms with van der Waals surface area (Å²) >= 11 is 0. The third-order valence-corrected chi connectivity index (χ3v) is 4.29. The molecule has 3 heterocycles. The predicted molar refractivity (Wildman–Crippen MR) is 77.5 cm³/mol. The number of aryl methyl sites for hydroxylation is 1. The molecule has 1 aliphatic rings. The average Bonchev–Trinajstić information content (AvgIpc) is 3.20. The van der Waals surface area contributed by atoms with Gasteiger partial charge in [0.2, 0.25) is 5.89 Å². The molecule has 3 rings (SSSR count). The Labute approximate surface area is 144 Å². The summed E-state index contributed by atoms with van der Waals surface area (Å²) in [6, 6.07) is 4.87. The van der Waals surface area contributed by atoms with Crippen molar-refractivity contribution < 1.29 is 30.9 Å². The molecule has 1 atom stereocenters. The molecule has 1 aliphatic heterocycles. The van der Waals surface area contributed by atoms with Crippen molar-refractivity contribution in [3.8, 4) is 0 Å². The first-order valence-corrected chi connectivity index (χ1v) is 7.73. The number of alkyl halides is 6. The minimum atomic E-state index is -4.70. The first-order chi connectivity index (χ1) is 12.1. The van der Waals surface area contributed by atoms with E-state index in [9.17, 15) is 26.3 Å². The van der Waals surface area contributed by atoms with Crippen LogP contribution in [-0.4, -0.2) is 40.6 Å². The number of hydrogen-bond donors (Lipinski definition) is 0. The summed E-state index contributed by atoms with van der Waals surface area (Å²) in [5.74, 6) is -0.728. The van der Waals surface area contributed by atoms with Crippen LogP contribution in [0, 0.1) is 0 Å². The fourth-order valence-corrected chi connectivity index (χ4v) is 2.88. The second-order valence-corrected chi connectivity index (χ2v) is 6.07. The van der Waals surface area contributed by atoms with Crippen LogP contribution < -0.4 is 4.90 Å². The molecular formula is C15H14F6N4O. The van der Waals surface area contributed by atoms with E-state index in [0.717, 1.165) is 0 Å². The van der Waals surface area contributed by atoms with Crippen molar-refractivity contribution in [2.24, 2.45) is 0 Å². The standard InChI is InChI=1S/C15H14F6N4O/c16-14(17,18)5-4-10-23-12(26-24-10)13(15(19,20)21)6-8-25(9-13)11-3-1-2-7-22-11/h1-3,7H,4-6,8-9H2. The first-order valence-electron chi connectivity index (χ1n) is 7.73. The van der Waals surface area contributed by atoms with Crippen LogP contribution in [0.5, 0.6) is 0 Å². The molecule has 11 heteroatoms. The van der Waals surface area contributed by atoms with E-state index in [0.29, 0.717) is 5.82 Å². The lowest BCUT2D eigenvalue weighted by Crippen LogP contribution is -2.45. The lowest BCUT2D eigenvalue weighted by molar-refractivity contribution is -0.191. The maximum Gasteiger partial charge on any atom is 0.405 e. The topological polar surface area (TPSA) is 55.1 Å². The molecule has 26 heavy (non-hydrogen) atoms. The Kier molecular flexibility index (Phi) is 4.57. The minimum absolute atomic E-state index is 0.0524. The third kappa shape index (κ3) is 3.61. The van der Waals surface area contributed by atoms with E-state index >= 15 is 0 Å². The fourth-order valence-electron chi connectivity index (χ4n) is 2.88. The van der Waals surface area contributed by atoms with E-state index < -0.39 is 48.9 Å². The number of anilines is 1. The molecule has 0 bridgehead atoms. The summed E-state index contributed by atoms with van der Waals surface area (Å²) in [5.41, 5.74) is -2.44. The van der Waals surface area contributed by atoms with Crippen molar-refractivity contribution in [3.63, 3.8) is 0 Å². The molecule has 0 radical (unpaired) electrons. The fraction of sp³-hybridized carbons (Fsp3) is 0.533. The molecule has 1 saturated heterocycles. The van der Waals surface area contributed by atoms with Gasteiger partial charge < -0.3 is 9.42 Å². The zero-order valence-corrected chi connectivity index (χ0v) is 13.3. The van der Waals surface area contributed by atoms with Crippen LogP contribution in [0.3, 0.4) is 0 Å². The van der Waals surface area contributed by atoms with Crippen LogP contribution in [0.15, 0.2) is 28.9 Å². The highest BCUT2D eigenvalue weighted by Crippen LogP contribution is 2.47. The number of hydrogen-bond acceptors (Lipinski definition) is 5. The molecule has 142 valence electrons. The van der Waals surface area contributed by atoms with Gasteiger partial charge in [0.25, 0.3) is 0 Å². The Balaban J connectivity index is 1.85. The molecule has 2 aromatic rings. The van der Waals surface area contributed by atoms with E-state index in [1.807, 2.05) is 0 Å². The largest absolute Gasteiger partial charge is 0.405 e. The van der Waals surface area contributed by atoms with Crippen molar-refractivity contribution in [1.29, 1.82) is 0 Å². The Bertz CT molecular complexity index is 745. The van der Waals surface area contributed by atoms with E-state index in [4.69, 9.17) is 4.52 Å². The Morgan fingerprint density at radius 3 is 2.54 bits per heavy atom. The predicted octanol–water partition coefficient (Wildman–Crippen LogP) is 3.67. The second-order valence-electron chi connectivity index (χ2n) is 6.07. The maximum atomic E-state index is 13.8. The van der Waals surface area contributed by atoms with Crippen LogP contribution in [0.2, 0.25) is 0 Å². The lowest BCUT2D eigenvalue weighted by Gasteiger charge is -2.28. The highest BCUT2D eigenvalue weighted by Gasteiger charge is 2.63. The monoisotopic (exact) mass is 380 g/mol. The van der Waals surface area contributed by atoms with Gasteiger partial charge in [0.1, 0.15) is 5.82 Å². The zero-order valence-electron chi connectivity index (χ0n) is 13.3. The summed E-state index contributed by atoms with van der Waals surface area (Å²) in [4.78, 5) is 9.09. The lowest BCUT2D eigenvalue weighted by atomic mass is 9.86. The van der Waals surface area contributed by atoms with Crippen LogP contribution in [-0.2, 0) is 11.8 Å². The van der Waals surface area contributed by atoms with Gasteiger partial charge in [-0.25, -0.2) is 4.98 Å². The molecule has 0 amide bonds. The SMILES string of the molecule is FC(F)(F)CCc1noc(C2(C(F)(F)F)CCN(c3ccccn3)C2)n1. The van der Waals surface area contributed by atoms with Gasteiger partial charge in [-0.3, -0.25) is 0 Å². The van der Waals surface area contributed by atoms with Crippen molar-refractivity contribution in [1.82, 2.24) is 15.1 Å². The first kappa shape index (κ1) is 18.5. The van der Waals surface area contributed by atoms with Gasteiger partial charge in [-0.2, -0.15) is 31.3 Å². The van der Waals surface area contributed by atoms with Gasteiger partial charge in [-0.1, -0.05) is 11.2 Å². The second kappa shape index (κ2) is 6.44. The van der Waals surface area contributed by atoms with Crippen LogP contribution in [0.25, 0.3) is 0 Å². The molecule has 1 fully saturated rings. The molecule has 0 aliphatic carbocycles. The molecule has 0 saturated carbocycles. The van der Waals surface area contributed by atoms with Crippen molar-refractivity contribution in [3.05, 3.63) is 36.1 Å². The van der Waals surface area contributed by atoms with Crippen LogP contribution in [0.4, 0.5) is 32.2 Å². The summed E-state index contributed by atoms with van der Waals surface area (Å²) in [6.07, 6.45) is -9.91. The van der Waals surface area contributed by atoms with Crippen molar-refractivity contribution >= 4 is 5.82 Å². The van der Waals surface area contributed by atoms with Gasteiger partial charge in [-0.05, 0) is 18.6 Å². The Morgan fingerprint density at radius 2 is 1.92 bits per heavy atom. The van der Waals surface area contributed by atoms with Crippen molar-refractivity contribution in [2.75, 3.05) is 18.0 Å². The van der Waals surface area contributed by atoms with Gasteiger partial charge in [0.15, 0.2) is 11.2 Å². The Hall–Kier alpha value is -2.33. The minimum Gasteiger partial charge on any atom is -0.355 e. The molecule has 2 aromatic heterocycles. The summed E-state index contributed by atoms with van der Waals surface area (Å²) in [7, 11) is 0. The van der Waals surface area contributed by atoms with Gasteiger partial charge in [0.05, 0.1) is 6.42 Å². The normalized spacial score (nSPS) is 21.4. The number of aromatic nitrogens is 3. The summed E-state index contributed by atoms with van der Waals surface area (Å²) in [6.45, 7) is -0.439. The van der Waals surface area contributed by atoms with E-state index in [2.05, 4.69) is 15.1 Å². The maximum absolute atomic E-state index is 13.8. The summed E-state index contributed by atoms with van der Waals surface area (Å²) < 4.78 is 83.0. The third-order valence-electron chi connectivity index (χ3n) is 4.29. The number of halogens is 6. The smallest absolute Gasteiger partial charge is 0.355 e. The molecule has 0 aromatic carbocycles. The highest BCUT2D eigenvalue weighted by atomic mass is 19.4. The van der Waals surface area contributed by atoms with Crippen molar-refractivity contribution in [2.45, 2.75) is 37.0 Å². The molecule has 1 unspecified atom stereocenters. The average molecular weight is 380 g/mol. The quantitative estimate of drug-likeness (QED) is 0.758. The van der Waals surface area contributed by atoms with Gasteiger partial charge >= 0.3 is 12.4 Å². The Morgan fingerprint density at radius 1 is 1.15 bits per heavy atom. The van der Waals surface area contributed by atoms with E-state index in [1.165, 1.54) is 11.1 Å². The van der Waals surface area contributed by atoms with E-state index in [1.54, 1.807) is 18.2 Å². The highest BCUT2D eigenvalue weighted by molar-refractivity contribution is 5.42. The molecule has 5 nitrogen and oxygen atoms in total. The molecule has 0 N–H and O–H groups in total. The number of nitrogens with zero attached hydrogens (tertiary/aromatic N) is 4. The zero-order chi connectivity index (χ0) is 19.0. The van der Waals surface area contributed by atoms with Gasteiger partial charge in [-0.15, -0.1) is 0 Å².